The van der Waals surface area contributed by atoms with Crippen molar-refractivity contribution >= 4 is 5.97 Å². The van der Waals surface area contributed by atoms with Crippen LogP contribution >= 0.6 is 0 Å². The van der Waals surface area contributed by atoms with Crippen LogP contribution in [0.5, 0.6) is 0 Å². The van der Waals surface area contributed by atoms with Crippen LogP contribution in [0.4, 0.5) is 0 Å². The van der Waals surface area contributed by atoms with E-state index in [4.69, 9.17) is 5.11 Å². The van der Waals surface area contributed by atoms with Crippen molar-refractivity contribution in [1.82, 2.24) is 10.2 Å². The summed E-state index contributed by atoms with van der Waals surface area (Å²) in [5, 5.41) is 11.9. The van der Waals surface area contributed by atoms with Gasteiger partial charge in [0, 0.05) is 12.6 Å². The highest BCUT2D eigenvalue weighted by Crippen LogP contribution is 2.18. The standard InChI is InChI=1S/C10H18N2O2/c13-10(14)9-4-3-8(7-11-9)12-5-1-2-6-12/h8-9,11H,1-7H2,(H,13,14). The monoisotopic (exact) mass is 198 g/mol. The lowest BCUT2D eigenvalue weighted by atomic mass is 10.00. The number of rotatable bonds is 2. The Labute approximate surface area is 84.3 Å². The first-order valence-corrected chi connectivity index (χ1v) is 5.47. The second-order valence-corrected chi connectivity index (χ2v) is 4.27. The molecule has 2 unspecified atom stereocenters. The van der Waals surface area contributed by atoms with E-state index in [1.807, 2.05) is 0 Å². The summed E-state index contributed by atoms with van der Waals surface area (Å²) in [6, 6.07) is 0.266. The summed E-state index contributed by atoms with van der Waals surface area (Å²) in [5.74, 6) is -0.704. The molecule has 14 heavy (non-hydrogen) atoms. The van der Waals surface area contributed by atoms with Crippen molar-refractivity contribution in [3.05, 3.63) is 0 Å². The van der Waals surface area contributed by atoms with E-state index in [-0.39, 0.29) is 6.04 Å². The summed E-state index contributed by atoms with van der Waals surface area (Å²) in [5.41, 5.74) is 0. The lowest BCUT2D eigenvalue weighted by Crippen LogP contribution is -2.51. The third kappa shape index (κ3) is 2.07. The molecule has 2 atom stereocenters. The average Bonchev–Trinajstić information content (AvgIpc) is 2.71. The molecular formula is C10H18N2O2. The molecule has 0 saturated carbocycles. The van der Waals surface area contributed by atoms with Crippen LogP contribution in [0.2, 0.25) is 0 Å². The van der Waals surface area contributed by atoms with Crippen molar-refractivity contribution in [1.29, 1.82) is 0 Å². The summed E-state index contributed by atoms with van der Waals surface area (Å²) in [6.07, 6.45) is 4.41. The van der Waals surface area contributed by atoms with E-state index >= 15 is 0 Å². The van der Waals surface area contributed by atoms with Crippen LogP contribution in [0.3, 0.4) is 0 Å². The van der Waals surface area contributed by atoms with Crippen molar-refractivity contribution in [2.24, 2.45) is 0 Å². The van der Waals surface area contributed by atoms with E-state index in [2.05, 4.69) is 10.2 Å². The second-order valence-electron chi connectivity index (χ2n) is 4.27. The molecule has 0 amide bonds. The van der Waals surface area contributed by atoms with Crippen LogP contribution in [-0.2, 0) is 4.79 Å². The van der Waals surface area contributed by atoms with E-state index in [1.165, 1.54) is 25.9 Å². The number of carboxylic acids is 1. The molecule has 80 valence electrons. The second kappa shape index (κ2) is 4.28. The molecule has 2 heterocycles. The predicted molar refractivity (Wildman–Crippen MR) is 53.3 cm³/mol. The summed E-state index contributed by atoms with van der Waals surface area (Å²) in [4.78, 5) is 13.2. The number of aliphatic carboxylic acids is 1. The minimum Gasteiger partial charge on any atom is -0.480 e. The Morgan fingerprint density at radius 2 is 2.00 bits per heavy atom. The molecule has 0 radical (unpaired) electrons. The smallest absolute Gasteiger partial charge is 0.320 e. The molecule has 2 N–H and O–H groups in total. The molecule has 4 nitrogen and oxygen atoms in total. The van der Waals surface area contributed by atoms with E-state index in [0.29, 0.717) is 6.04 Å². The zero-order chi connectivity index (χ0) is 9.97. The Balaban J connectivity index is 1.80. The summed E-state index contributed by atoms with van der Waals surface area (Å²) >= 11 is 0. The molecule has 2 aliphatic heterocycles. The number of carbonyl (C=O) groups is 1. The van der Waals surface area contributed by atoms with Crippen molar-refractivity contribution < 1.29 is 9.90 Å². The molecule has 2 aliphatic rings. The van der Waals surface area contributed by atoms with E-state index in [1.54, 1.807) is 0 Å². The number of piperidine rings is 1. The summed E-state index contributed by atoms with van der Waals surface area (Å²) in [6.45, 7) is 3.24. The van der Waals surface area contributed by atoms with Crippen LogP contribution in [0.15, 0.2) is 0 Å². The lowest BCUT2D eigenvalue weighted by molar-refractivity contribution is -0.140. The van der Waals surface area contributed by atoms with Crippen molar-refractivity contribution in [2.45, 2.75) is 37.8 Å². The molecule has 0 aromatic carbocycles. The van der Waals surface area contributed by atoms with Crippen LogP contribution in [0.1, 0.15) is 25.7 Å². The summed E-state index contributed by atoms with van der Waals surface area (Å²) in [7, 11) is 0. The van der Waals surface area contributed by atoms with E-state index in [9.17, 15) is 4.79 Å². The molecule has 2 saturated heterocycles. The van der Waals surface area contributed by atoms with Gasteiger partial charge >= 0.3 is 5.97 Å². The Hall–Kier alpha value is -0.610. The SMILES string of the molecule is O=C(O)C1CCC(N2CCCC2)CN1. The van der Waals surface area contributed by atoms with Gasteiger partial charge in [0.15, 0.2) is 0 Å². The van der Waals surface area contributed by atoms with Gasteiger partial charge in [0.1, 0.15) is 6.04 Å². The van der Waals surface area contributed by atoms with E-state index < -0.39 is 5.97 Å². The van der Waals surface area contributed by atoms with Gasteiger partial charge in [-0.3, -0.25) is 9.69 Å². The number of hydrogen-bond acceptors (Lipinski definition) is 3. The van der Waals surface area contributed by atoms with Crippen LogP contribution in [0, 0.1) is 0 Å². The predicted octanol–water partition coefficient (Wildman–Crippen LogP) is 0.287. The molecular weight excluding hydrogens is 180 g/mol. The van der Waals surface area contributed by atoms with Crippen LogP contribution in [0.25, 0.3) is 0 Å². The Morgan fingerprint density at radius 3 is 2.50 bits per heavy atom. The number of likely N-dealkylation sites (tertiary alicyclic amines) is 1. The topological polar surface area (TPSA) is 52.6 Å². The number of hydrogen-bond donors (Lipinski definition) is 2. The molecule has 4 heteroatoms. The quantitative estimate of drug-likeness (QED) is 0.669. The highest BCUT2D eigenvalue weighted by molar-refractivity contribution is 5.73. The minimum absolute atomic E-state index is 0.311. The molecule has 0 bridgehead atoms. The lowest BCUT2D eigenvalue weighted by Gasteiger charge is -2.33. The third-order valence-electron chi connectivity index (χ3n) is 3.34. The first-order valence-electron chi connectivity index (χ1n) is 5.47. The third-order valence-corrected chi connectivity index (χ3v) is 3.34. The highest BCUT2D eigenvalue weighted by atomic mass is 16.4. The number of nitrogens with zero attached hydrogens (tertiary/aromatic N) is 1. The van der Waals surface area contributed by atoms with Gasteiger partial charge in [0.2, 0.25) is 0 Å². The Kier molecular flexibility index (Phi) is 3.03. The van der Waals surface area contributed by atoms with Crippen LogP contribution < -0.4 is 5.32 Å². The molecule has 0 aromatic rings. The molecule has 2 fully saturated rings. The maximum Gasteiger partial charge on any atom is 0.320 e. The van der Waals surface area contributed by atoms with Crippen molar-refractivity contribution in [2.75, 3.05) is 19.6 Å². The average molecular weight is 198 g/mol. The van der Waals surface area contributed by atoms with Gasteiger partial charge in [0.25, 0.3) is 0 Å². The fraction of sp³-hybridized carbons (Fsp3) is 0.900. The normalized spacial score (nSPS) is 34.6. The van der Waals surface area contributed by atoms with Crippen LogP contribution in [-0.4, -0.2) is 47.7 Å². The molecule has 0 aliphatic carbocycles. The first kappa shape index (κ1) is 9.93. The van der Waals surface area contributed by atoms with Gasteiger partial charge in [-0.05, 0) is 38.8 Å². The van der Waals surface area contributed by atoms with Gasteiger partial charge in [-0.1, -0.05) is 0 Å². The van der Waals surface area contributed by atoms with Crippen molar-refractivity contribution in [3.8, 4) is 0 Å². The van der Waals surface area contributed by atoms with Gasteiger partial charge in [-0.2, -0.15) is 0 Å². The van der Waals surface area contributed by atoms with Gasteiger partial charge < -0.3 is 10.4 Å². The zero-order valence-corrected chi connectivity index (χ0v) is 8.41. The first-order chi connectivity index (χ1) is 6.77. The minimum atomic E-state index is -0.704. The zero-order valence-electron chi connectivity index (χ0n) is 8.41. The molecule has 2 rings (SSSR count). The maximum absolute atomic E-state index is 10.7. The molecule has 0 spiro atoms. The number of nitrogens with one attached hydrogen (secondary N) is 1. The van der Waals surface area contributed by atoms with Gasteiger partial charge in [-0.25, -0.2) is 0 Å². The Morgan fingerprint density at radius 1 is 1.29 bits per heavy atom. The fourth-order valence-corrected chi connectivity index (χ4v) is 2.47. The summed E-state index contributed by atoms with van der Waals surface area (Å²) < 4.78 is 0. The fourth-order valence-electron chi connectivity index (χ4n) is 2.47. The van der Waals surface area contributed by atoms with E-state index in [0.717, 1.165) is 19.4 Å². The Bertz CT molecular complexity index is 206. The largest absolute Gasteiger partial charge is 0.480 e. The highest BCUT2D eigenvalue weighted by Gasteiger charge is 2.29. The number of carboxylic acid groups (broad SMARTS) is 1. The van der Waals surface area contributed by atoms with Gasteiger partial charge in [-0.15, -0.1) is 0 Å². The van der Waals surface area contributed by atoms with Gasteiger partial charge in [0.05, 0.1) is 0 Å². The molecule has 0 aromatic heterocycles. The van der Waals surface area contributed by atoms with Crippen molar-refractivity contribution in [3.63, 3.8) is 0 Å². The maximum atomic E-state index is 10.7.